The predicted molar refractivity (Wildman–Crippen MR) is 92.5 cm³/mol. The van der Waals surface area contributed by atoms with Crippen molar-refractivity contribution in [3.63, 3.8) is 0 Å². The number of urea groups is 1. The van der Waals surface area contributed by atoms with Crippen LogP contribution in [0.1, 0.15) is 43.0 Å². The second kappa shape index (κ2) is 8.94. The molecule has 1 aliphatic rings. The Morgan fingerprint density at radius 2 is 2.00 bits per heavy atom. The molecular weight excluding hydrogens is 395 g/mol. The maximum absolute atomic E-state index is 13.6. The van der Waals surface area contributed by atoms with Gasteiger partial charge in [-0.2, -0.15) is 0 Å². The van der Waals surface area contributed by atoms with Crippen LogP contribution in [-0.2, 0) is 9.53 Å². The molecule has 25 heavy (non-hydrogen) atoms. The molecule has 0 unspecified atom stereocenters. The summed E-state index contributed by atoms with van der Waals surface area (Å²) in [6.45, 7) is 1.39. The van der Waals surface area contributed by atoms with Gasteiger partial charge < -0.3 is 10.1 Å². The average molecular weight is 415 g/mol. The highest BCUT2D eigenvalue weighted by molar-refractivity contribution is 9.10. The third kappa shape index (κ3) is 5.81. The Bertz CT molecular complexity index is 668. The number of esters is 1. The van der Waals surface area contributed by atoms with Crippen molar-refractivity contribution in [1.29, 1.82) is 0 Å². The highest BCUT2D eigenvalue weighted by atomic mass is 79.9. The lowest BCUT2D eigenvalue weighted by atomic mass is 9.86. The summed E-state index contributed by atoms with van der Waals surface area (Å²) < 4.78 is 18.8. The molecule has 0 aliphatic heterocycles. The molecule has 1 fully saturated rings. The standard InChI is InChI=1S/C17H20BrFN2O4/c1-10-4-2-3-5-14(10)20-17(24)21-15(22)9-25-16(23)12-8-11(18)6-7-13(12)19/h6-8,10,14H,2-5,9H2,1H3,(H2,20,21,22,24)/t10-,14+/m1/s1. The highest BCUT2D eigenvalue weighted by Crippen LogP contribution is 2.23. The van der Waals surface area contributed by atoms with Crippen LogP contribution in [0.2, 0.25) is 0 Å². The summed E-state index contributed by atoms with van der Waals surface area (Å²) in [5.74, 6) is -2.15. The lowest BCUT2D eigenvalue weighted by Gasteiger charge is -2.29. The van der Waals surface area contributed by atoms with E-state index >= 15 is 0 Å². The number of carbonyl (C=O) groups is 3. The number of hydrogen-bond donors (Lipinski definition) is 2. The molecule has 3 amide bonds. The average Bonchev–Trinajstić information content (AvgIpc) is 2.57. The van der Waals surface area contributed by atoms with Crippen molar-refractivity contribution in [3.05, 3.63) is 34.1 Å². The van der Waals surface area contributed by atoms with Gasteiger partial charge in [0.15, 0.2) is 6.61 Å². The van der Waals surface area contributed by atoms with Gasteiger partial charge in [0.05, 0.1) is 5.56 Å². The second-order valence-electron chi connectivity index (χ2n) is 6.09. The minimum absolute atomic E-state index is 0.0277. The normalized spacial score (nSPS) is 19.8. The van der Waals surface area contributed by atoms with Crippen LogP contribution in [0, 0.1) is 11.7 Å². The number of carbonyl (C=O) groups excluding carboxylic acids is 3. The maximum Gasteiger partial charge on any atom is 0.341 e. The molecule has 0 bridgehead atoms. The molecule has 2 N–H and O–H groups in total. The van der Waals surface area contributed by atoms with Crippen LogP contribution in [0.15, 0.2) is 22.7 Å². The topological polar surface area (TPSA) is 84.5 Å². The third-order valence-corrected chi connectivity index (χ3v) is 4.66. The van der Waals surface area contributed by atoms with Gasteiger partial charge in [-0.3, -0.25) is 10.1 Å². The predicted octanol–water partition coefficient (Wildman–Crippen LogP) is 3.15. The van der Waals surface area contributed by atoms with Crippen LogP contribution < -0.4 is 10.6 Å². The maximum atomic E-state index is 13.6. The molecular formula is C17H20BrFN2O4. The fourth-order valence-electron chi connectivity index (χ4n) is 2.76. The van der Waals surface area contributed by atoms with Crippen molar-refractivity contribution in [2.75, 3.05) is 6.61 Å². The van der Waals surface area contributed by atoms with Gasteiger partial charge in [-0.25, -0.2) is 14.0 Å². The van der Waals surface area contributed by atoms with Crippen LogP contribution in [0.3, 0.4) is 0 Å². The number of imide groups is 1. The summed E-state index contributed by atoms with van der Waals surface area (Å²) in [7, 11) is 0. The Kier molecular flexibility index (Phi) is 6.92. The van der Waals surface area contributed by atoms with Crippen molar-refractivity contribution in [1.82, 2.24) is 10.6 Å². The van der Waals surface area contributed by atoms with E-state index in [1.807, 2.05) is 0 Å². The summed E-state index contributed by atoms with van der Waals surface area (Å²) in [5.41, 5.74) is -0.289. The van der Waals surface area contributed by atoms with E-state index < -0.39 is 30.3 Å². The monoisotopic (exact) mass is 414 g/mol. The first-order valence-electron chi connectivity index (χ1n) is 8.09. The second-order valence-corrected chi connectivity index (χ2v) is 7.01. The van der Waals surface area contributed by atoms with Gasteiger partial charge in [-0.15, -0.1) is 0 Å². The van der Waals surface area contributed by atoms with Crippen LogP contribution in [0.5, 0.6) is 0 Å². The molecule has 0 aromatic heterocycles. The van der Waals surface area contributed by atoms with E-state index in [1.54, 1.807) is 0 Å². The number of rotatable bonds is 4. The van der Waals surface area contributed by atoms with Gasteiger partial charge in [0, 0.05) is 10.5 Å². The summed E-state index contributed by atoms with van der Waals surface area (Å²) in [4.78, 5) is 35.3. The van der Waals surface area contributed by atoms with E-state index in [-0.39, 0.29) is 11.6 Å². The van der Waals surface area contributed by atoms with Crippen molar-refractivity contribution in [2.24, 2.45) is 5.92 Å². The van der Waals surface area contributed by atoms with Crippen LogP contribution in [0.4, 0.5) is 9.18 Å². The zero-order valence-electron chi connectivity index (χ0n) is 13.8. The number of amides is 3. The van der Waals surface area contributed by atoms with Gasteiger partial charge in [0.25, 0.3) is 5.91 Å². The number of benzene rings is 1. The van der Waals surface area contributed by atoms with Crippen molar-refractivity contribution >= 4 is 33.8 Å². The molecule has 136 valence electrons. The highest BCUT2D eigenvalue weighted by Gasteiger charge is 2.23. The molecule has 0 heterocycles. The van der Waals surface area contributed by atoms with Crippen LogP contribution in [0.25, 0.3) is 0 Å². The van der Waals surface area contributed by atoms with Gasteiger partial charge in [-0.05, 0) is 37.0 Å². The molecule has 6 nitrogen and oxygen atoms in total. The summed E-state index contributed by atoms with van der Waals surface area (Å²) in [6.07, 6.45) is 4.09. The first-order chi connectivity index (χ1) is 11.9. The SMILES string of the molecule is C[C@@H]1CCCC[C@@H]1NC(=O)NC(=O)COC(=O)c1cc(Br)ccc1F. The van der Waals surface area contributed by atoms with E-state index in [9.17, 15) is 18.8 Å². The number of halogens is 2. The van der Waals surface area contributed by atoms with Crippen LogP contribution in [-0.4, -0.2) is 30.6 Å². The molecule has 1 aromatic carbocycles. The summed E-state index contributed by atoms with van der Waals surface area (Å²) >= 11 is 3.12. The van der Waals surface area contributed by atoms with Crippen LogP contribution >= 0.6 is 15.9 Å². The zero-order valence-corrected chi connectivity index (χ0v) is 15.4. The Morgan fingerprint density at radius 1 is 1.28 bits per heavy atom. The molecule has 0 radical (unpaired) electrons. The van der Waals surface area contributed by atoms with Crippen molar-refractivity contribution < 1.29 is 23.5 Å². The third-order valence-electron chi connectivity index (χ3n) is 4.16. The lowest BCUT2D eigenvalue weighted by Crippen LogP contribution is -2.48. The van der Waals surface area contributed by atoms with E-state index in [2.05, 4.69) is 33.5 Å². The number of hydrogen-bond acceptors (Lipinski definition) is 4. The molecule has 0 spiro atoms. The smallest absolute Gasteiger partial charge is 0.341 e. The fourth-order valence-corrected chi connectivity index (χ4v) is 3.12. The Balaban J connectivity index is 1.79. The van der Waals surface area contributed by atoms with Gasteiger partial charge >= 0.3 is 12.0 Å². The fraction of sp³-hybridized carbons (Fsp3) is 0.471. The number of nitrogens with one attached hydrogen (secondary N) is 2. The van der Waals surface area contributed by atoms with E-state index in [1.165, 1.54) is 12.1 Å². The van der Waals surface area contributed by atoms with E-state index in [0.717, 1.165) is 31.7 Å². The Morgan fingerprint density at radius 3 is 2.72 bits per heavy atom. The Labute approximate surface area is 153 Å². The van der Waals surface area contributed by atoms with E-state index in [4.69, 9.17) is 4.74 Å². The minimum Gasteiger partial charge on any atom is -0.452 e. The van der Waals surface area contributed by atoms with E-state index in [0.29, 0.717) is 10.4 Å². The van der Waals surface area contributed by atoms with Gasteiger partial charge in [0.1, 0.15) is 5.82 Å². The molecule has 1 aromatic rings. The Hall–Kier alpha value is -1.96. The molecule has 8 heteroatoms. The first-order valence-corrected chi connectivity index (χ1v) is 8.88. The quantitative estimate of drug-likeness (QED) is 0.741. The van der Waals surface area contributed by atoms with Crippen molar-refractivity contribution in [3.8, 4) is 0 Å². The number of ether oxygens (including phenoxy) is 1. The van der Waals surface area contributed by atoms with Gasteiger partial charge in [-0.1, -0.05) is 35.7 Å². The molecule has 1 saturated carbocycles. The molecule has 2 atom stereocenters. The molecule has 1 aliphatic carbocycles. The van der Waals surface area contributed by atoms with Crippen molar-refractivity contribution in [2.45, 2.75) is 38.6 Å². The first kappa shape index (κ1) is 19.4. The molecule has 0 saturated heterocycles. The van der Waals surface area contributed by atoms with Gasteiger partial charge in [0.2, 0.25) is 0 Å². The lowest BCUT2D eigenvalue weighted by molar-refractivity contribution is -0.123. The molecule has 2 rings (SSSR count). The zero-order chi connectivity index (χ0) is 18.4. The summed E-state index contributed by atoms with van der Waals surface area (Å²) in [5, 5.41) is 4.87. The largest absolute Gasteiger partial charge is 0.452 e. The summed E-state index contributed by atoms with van der Waals surface area (Å²) in [6, 6.07) is 3.22. The minimum atomic E-state index is -0.977.